The topological polar surface area (TPSA) is 59.0 Å². The van der Waals surface area contributed by atoms with Crippen molar-refractivity contribution >= 4 is 5.91 Å². The van der Waals surface area contributed by atoms with Gasteiger partial charge in [-0.15, -0.1) is 0 Å². The first-order valence-electron chi connectivity index (χ1n) is 7.50. The summed E-state index contributed by atoms with van der Waals surface area (Å²) in [6, 6.07) is 0.444. The zero-order valence-electron chi connectivity index (χ0n) is 13.0. The Balaban J connectivity index is 1.93. The van der Waals surface area contributed by atoms with Crippen molar-refractivity contribution in [2.24, 2.45) is 5.92 Å². The van der Waals surface area contributed by atoms with Crippen LogP contribution in [0.2, 0.25) is 0 Å². The maximum atomic E-state index is 11.9. The molecule has 0 aliphatic heterocycles. The molecule has 112 valence electrons. The van der Waals surface area contributed by atoms with Gasteiger partial charge in [-0.2, -0.15) is 5.10 Å². The summed E-state index contributed by atoms with van der Waals surface area (Å²) in [5.74, 6) is 0.774. The Hall–Kier alpha value is -1.36. The van der Waals surface area contributed by atoms with Crippen LogP contribution >= 0.6 is 0 Å². The number of aromatic nitrogens is 2. The highest BCUT2D eigenvalue weighted by atomic mass is 16.2. The van der Waals surface area contributed by atoms with Gasteiger partial charge in [-0.25, -0.2) is 0 Å². The lowest BCUT2D eigenvalue weighted by Gasteiger charge is -2.09. The molecule has 1 amide bonds. The smallest absolute Gasteiger partial charge is 0.241 e. The third-order valence-electron chi connectivity index (χ3n) is 3.80. The fraction of sp³-hybridized carbons (Fsp3) is 0.733. The normalized spacial score (nSPS) is 14.8. The minimum Gasteiger partial charge on any atom is -0.354 e. The van der Waals surface area contributed by atoms with Crippen LogP contribution in [-0.2, 0) is 17.9 Å². The number of carbonyl (C=O) groups is 1. The molecule has 0 atom stereocenters. The SMILES string of the molecule is Cc1nn(CC(=O)NCC2CC2)c(C)c1CNC(C)C. The van der Waals surface area contributed by atoms with Crippen molar-refractivity contribution in [3.05, 3.63) is 17.0 Å². The summed E-state index contributed by atoms with van der Waals surface area (Å²) in [6.07, 6.45) is 2.51. The highest BCUT2D eigenvalue weighted by Gasteiger charge is 2.22. The van der Waals surface area contributed by atoms with Gasteiger partial charge in [0, 0.05) is 30.4 Å². The Morgan fingerprint density at radius 2 is 2.10 bits per heavy atom. The van der Waals surface area contributed by atoms with E-state index in [1.807, 2.05) is 18.5 Å². The van der Waals surface area contributed by atoms with Crippen molar-refractivity contribution in [1.82, 2.24) is 20.4 Å². The standard InChI is InChI=1S/C15H26N4O/c1-10(2)16-8-14-11(3)18-19(12(14)4)9-15(20)17-7-13-5-6-13/h10,13,16H,5-9H2,1-4H3,(H,17,20). The summed E-state index contributed by atoms with van der Waals surface area (Å²) in [4.78, 5) is 11.9. The van der Waals surface area contributed by atoms with Crippen LogP contribution in [0.1, 0.15) is 43.6 Å². The van der Waals surface area contributed by atoms with Gasteiger partial charge >= 0.3 is 0 Å². The van der Waals surface area contributed by atoms with Gasteiger partial charge in [-0.1, -0.05) is 13.8 Å². The molecule has 1 aliphatic rings. The molecule has 5 nitrogen and oxygen atoms in total. The summed E-state index contributed by atoms with van der Waals surface area (Å²) in [6.45, 7) is 10.2. The predicted molar refractivity (Wildman–Crippen MR) is 79.4 cm³/mol. The Bertz CT molecular complexity index is 474. The molecule has 1 aromatic heterocycles. The molecule has 0 radical (unpaired) electrons. The number of rotatable bonds is 7. The van der Waals surface area contributed by atoms with E-state index < -0.39 is 0 Å². The second kappa shape index (κ2) is 6.39. The Kier molecular flexibility index (Phi) is 4.81. The van der Waals surface area contributed by atoms with Crippen LogP contribution in [0.3, 0.4) is 0 Å². The molecule has 0 spiro atoms. The van der Waals surface area contributed by atoms with E-state index in [9.17, 15) is 4.79 Å². The monoisotopic (exact) mass is 278 g/mol. The summed E-state index contributed by atoms with van der Waals surface area (Å²) in [5.41, 5.74) is 3.29. The molecular weight excluding hydrogens is 252 g/mol. The van der Waals surface area contributed by atoms with Gasteiger partial charge in [0.1, 0.15) is 6.54 Å². The molecule has 1 aliphatic carbocycles. The fourth-order valence-electron chi connectivity index (χ4n) is 2.22. The molecule has 1 heterocycles. The second-order valence-corrected chi connectivity index (χ2v) is 6.09. The van der Waals surface area contributed by atoms with Crippen molar-refractivity contribution in [3.8, 4) is 0 Å². The van der Waals surface area contributed by atoms with Crippen LogP contribution in [0.15, 0.2) is 0 Å². The van der Waals surface area contributed by atoms with Crippen molar-refractivity contribution in [2.45, 2.75) is 59.7 Å². The molecule has 1 saturated carbocycles. The van der Waals surface area contributed by atoms with E-state index in [0.717, 1.165) is 24.5 Å². The van der Waals surface area contributed by atoms with Crippen LogP contribution in [0.25, 0.3) is 0 Å². The lowest BCUT2D eigenvalue weighted by atomic mass is 10.2. The molecule has 5 heteroatoms. The zero-order chi connectivity index (χ0) is 14.7. The minimum atomic E-state index is 0.0610. The molecule has 0 unspecified atom stereocenters. The Morgan fingerprint density at radius 1 is 1.40 bits per heavy atom. The maximum absolute atomic E-state index is 11.9. The van der Waals surface area contributed by atoms with E-state index in [1.54, 1.807) is 0 Å². The van der Waals surface area contributed by atoms with Crippen LogP contribution in [0, 0.1) is 19.8 Å². The van der Waals surface area contributed by atoms with E-state index in [2.05, 4.69) is 29.6 Å². The summed E-state index contributed by atoms with van der Waals surface area (Å²) >= 11 is 0. The molecule has 1 fully saturated rings. The summed E-state index contributed by atoms with van der Waals surface area (Å²) in [5, 5.41) is 10.9. The van der Waals surface area contributed by atoms with Crippen molar-refractivity contribution < 1.29 is 4.79 Å². The zero-order valence-corrected chi connectivity index (χ0v) is 13.0. The van der Waals surface area contributed by atoms with E-state index in [0.29, 0.717) is 18.5 Å². The molecule has 2 N–H and O–H groups in total. The maximum Gasteiger partial charge on any atom is 0.241 e. The van der Waals surface area contributed by atoms with Gasteiger partial charge < -0.3 is 10.6 Å². The highest BCUT2D eigenvalue weighted by Crippen LogP contribution is 2.27. The Morgan fingerprint density at radius 3 is 2.70 bits per heavy atom. The Labute approximate surface area is 121 Å². The van der Waals surface area contributed by atoms with Crippen LogP contribution in [-0.4, -0.2) is 28.3 Å². The number of hydrogen-bond donors (Lipinski definition) is 2. The number of aryl methyl sites for hydroxylation is 1. The average molecular weight is 278 g/mol. The van der Waals surface area contributed by atoms with Gasteiger partial charge in [0.05, 0.1) is 5.69 Å². The van der Waals surface area contributed by atoms with Gasteiger partial charge in [-0.05, 0) is 32.6 Å². The molecule has 0 saturated heterocycles. The summed E-state index contributed by atoms with van der Waals surface area (Å²) in [7, 11) is 0. The first-order valence-corrected chi connectivity index (χ1v) is 7.50. The van der Waals surface area contributed by atoms with Crippen molar-refractivity contribution in [3.63, 3.8) is 0 Å². The summed E-state index contributed by atoms with van der Waals surface area (Å²) < 4.78 is 1.81. The van der Waals surface area contributed by atoms with Gasteiger partial charge in [0.15, 0.2) is 0 Å². The van der Waals surface area contributed by atoms with Crippen molar-refractivity contribution in [1.29, 1.82) is 0 Å². The van der Waals surface area contributed by atoms with Gasteiger partial charge in [-0.3, -0.25) is 9.48 Å². The third-order valence-corrected chi connectivity index (χ3v) is 3.80. The molecule has 0 bridgehead atoms. The number of nitrogens with one attached hydrogen (secondary N) is 2. The predicted octanol–water partition coefficient (Wildman–Crippen LogP) is 1.52. The third kappa shape index (κ3) is 4.07. The minimum absolute atomic E-state index is 0.0610. The number of amides is 1. The van der Waals surface area contributed by atoms with Crippen LogP contribution < -0.4 is 10.6 Å². The molecule has 20 heavy (non-hydrogen) atoms. The first-order chi connectivity index (χ1) is 9.47. The highest BCUT2D eigenvalue weighted by molar-refractivity contribution is 5.75. The lowest BCUT2D eigenvalue weighted by molar-refractivity contribution is -0.121. The molecular formula is C15H26N4O. The average Bonchev–Trinajstić information content (AvgIpc) is 3.15. The molecule has 0 aromatic carbocycles. The van der Waals surface area contributed by atoms with Crippen LogP contribution in [0.5, 0.6) is 0 Å². The van der Waals surface area contributed by atoms with E-state index in [1.165, 1.54) is 18.4 Å². The largest absolute Gasteiger partial charge is 0.354 e. The van der Waals surface area contributed by atoms with E-state index >= 15 is 0 Å². The number of hydrogen-bond acceptors (Lipinski definition) is 3. The quantitative estimate of drug-likeness (QED) is 0.795. The first kappa shape index (κ1) is 15.0. The second-order valence-electron chi connectivity index (χ2n) is 6.09. The molecule has 1 aromatic rings. The van der Waals surface area contributed by atoms with E-state index in [4.69, 9.17) is 0 Å². The lowest BCUT2D eigenvalue weighted by Crippen LogP contribution is -2.30. The number of carbonyl (C=O) groups excluding carboxylic acids is 1. The van der Waals surface area contributed by atoms with Crippen molar-refractivity contribution in [2.75, 3.05) is 6.54 Å². The van der Waals surface area contributed by atoms with Crippen LogP contribution in [0.4, 0.5) is 0 Å². The number of nitrogens with zero attached hydrogens (tertiary/aromatic N) is 2. The fourth-order valence-corrected chi connectivity index (χ4v) is 2.22. The van der Waals surface area contributed by atoms with Gasteiger partial charge in [0.25, 0.3) is 0 Å². The molecule has 2 rings (SSSR count). The van der Waals surface area contributed by atoms with E-state index in [-0.39, 0.29) is 5.91 Å². The van der Waals surface area contributed by atoms with Gasteiger partial charge in [0.2, 0.25) is 5.91 Å².